The van der Waals surface area contributed by atoms with E-state index in [1.807, 2.05) is 22.9 Å². The molecule has 1 saturated heterocycles. The van der Waals surface area contributed by atoms with E-state index < -0.39 is 29.2 Å². The Morgan fingerprint density at radius 1 is 1.27 bits per heavy atom. The molecule has 5 heterocycles. The Labute approximate surface area is 235 Å². The standard InChI is InChI=1S/C24H25N9O5S2/c25-14-6-3-7-15-31(8-9-32(14)15)10-12-11-39-22-17(21(35)33(22)18(12)23(36)37)27-20(34)16(19-28-24(26)40-30-19)29-38-13-4-1-2-5-13/h3,6-9,13,17,22,25H,1-2,4-5,10-11H2,(H4,26,27,28,30,34,36,37)/p+1/b29-16-/t17-,22-/m1/s1. The normalized spacial score (nSPS) is 21.4. The average molecular weight is 585 g/mol. The Kier molecular flexibility index (Phi) is 6.79. The van der Waals surface area contributed by atoms with Crippen LogP contribution < -0.4 is 21.4 Å². The largest absolute Gasteiger partial charge is 0.477 e. The van der Waals surface area contributed by atoms with Gasteiger partial charge in [-0.05, 0) is 31.7 Å². The van der Waals surface area contributed by atoms with E-state index in [1.165, 1.54) is 16.7 Å². The molecule has 2 atom stereocenters. The number of carboxylic acid groups (broad SMARTS) is 1. The second kappa shape index (κ2) is 10.4. The van der Waals surface area contributed by atoms with Crippen LogP contribution in [0.5, 0.6) is 0 Å². The van der Waals surface area contributed by atoms with Gasteiger partial charge in [0.05, 0.1) is 0 Å². The second-order valence-corrected chi connectivity index (χ2v) is 11.5. The van der Waals surface area contributed by atoms with Gasteiger partial charge in [-0.2, -0.15) is 13.8 Å². The summed E-state index contributed by atoms with van der Waals surface area (Å²) >= 11 is 2.29. The van der Waals surface area contributed by atoms with Crippen molar-refractivity contribution in [3.63, 3.8) is 0 Å². The minimum Gasteiger partial charge on any atom is -0.477 e. The number of aromatic nitrogens is 4. The van der Waals surface area contributed by atoms with E-state index in [-0.39, 0.29) is 35.0 Å². The van der Waals surface area contributed by atoms with Gasteiger partial charge in [0.2, 0.25) is 11.5 Å². The number of nitrogens with one attached hydrogen (secondary N) is 1. The Balaban J connectivity index is 1.22. The van der Waals surface area contributed by atoms with E-state index in [4.69, 9.17) is 16.3 Å². The number of carbonyl (C=O) groups excluding carboxylic acids is 2. The highest BCUT2D eigenvalue weighted by Crippen LogP contribution is 2.40. The predicted octanol–water partition coefficient (Wildman–Crippen LogP) is 0.345. The lowest BCUT2D eigenvalue weighted by atomic mass is 10.0. The van der Waals surface area contributed by atoms with Gasteiger partial charge >= 0.3 is 5.97 Å². The molecule has 40 heavy (non-hydrogen) atoms. The summed E-state index contributed by atoms with van der Waals surface area (Å²) in [6.07, 6.45) is 7.19. The molecule has 0 aromatic carbocycles. The predicted molar refractivity (Wildman–Crippen MR) is 146 cm³/mol. The highest BCUT2D eigenvalue weighted by Gasteiger charge is 2.54. The first-order valence-corrected chi connectivity index (χ1v) is 14.4. The van der Waals surface area contributed by atoms with Crippen molar-refractivity contribution >= 4 is 63.4 Å². The van der Waals surface area contributed by atoms with Crippen molar-refractivity contribution in [1.82, 2.24) is 24.0 Å². The molecular weight excluding hydrogens is 558 g/mol. The summed E-state index contributed by atoms with van der Waals surface area (Å²) in [6, 6.07) is 4.50. The summed E-state index contributed by atoms with van der Waals surface area (Å²) in [5, 5.41) is 16.4. The van der Waals surface area contributed by atoms with Crippen molar-refractivity contribution in [2.24, 2.45) is 5.16 Å². The van der Waals surface area contributed by atoms with E-state index in [1.54, 1.807) is 16.7 Å². The number of oxime groups is 1. The van der Waals surface area contributed by atoms with Gasteiger partial charge in [0.1, 0.15) is 42.2 Å². The van der Waals surface area contributed by atoms with E-state index in [0.717, 1.165) is 42.9 Å². The van der Waals surface area contributed by atoms with Crippen LogP contribution in [0, 0.1) is 0 Å². The number of hydrogen-bond donors (Lipinski definition) is 4. The number of amides is 2. The summed E-state index contributed by atoms with van der Waals surface area (Å²) in [6.45, 7) is 0.258. The monoisotopic (exact) mass is 584 g/mol. The number of imidazole rings is 1. The van der Waals surface area contributed by atoms with Gasteiger partial charge in [-0.25, -0.2) is 9.36 Å². The first-order chi connectivity index (χ1) is 19.3. The SMILES string of the molecule is Nc1nc(/C(=N/OC2CCCC2)C(=O)N[C@@H]2C(=O)N3C(C(=O)O)=C(C[n+]4ccn5c(N)cccc54)CS[C@H]23)ns1. The molecule has 3 aromatic heterocycles. The van der Waals surface area contributed by atoms with Gasteiger partial charge < -0.3 is 26.7 Å². The van der Waals surface area contributed by atoms with Gasteiger partial charge in [0.15, 0.2) is 10.9 Å². The summed E-state index contributed by atoms with van der Waals surface area (Å²) in [5.41, 5.74) is 12.8. The summed E-state index contributed by atoms with van der Waals surface area (Å²) in [7, 11) is 0. The fourth-order valence-electron chi connectivity index (χ4n) is 5.14. The van der Waals surface area contributed by atoms with E-state index in [0.29, 0.717) is 17.1 Å². The number of nitrogens with zero attached hydrogens (tertiary/aromatic N) is 6. The molecule has 1 aliphatic carbocycles. The van der Waals surface area contributed by atoms with Gasteiger partial charge in [0, 0.05) is 35.0 Å². The Morgan fingerprint density at radius 3 is 2.80 bits per heavy atom. The highest BCUT2D eigenvalue weighted by atomic mass is 32.2. The number of nitrogens with two attached hydrogens (primary N) is 2. The highest BCUT2D eigenvalue weighted by molar-refractivity contribution is 8.00. The average Bonchev–Trinajstić information content (AvgIpc) is 3.70. The molecule has 0 spiro atoms. The van der Waals surface area contributed by atoms with Crippen LogP contribution in [0.1, 0.15) is 31.5 Å². The third-order valence-corrected chi connectivity index (χ3v) is 8.97. The van der Waals surface area contributed by atoms with Crippen molar-refractivity contribution in [2.75, 3.05) is 17.2 Å². The number of fused-ring (bicyclic) bond motifs is 2. The molecule has 14 nitrogen and oxygen atoms in total. The Bertz CT molecular complexity index is 1580. The Morgan fingerprint density at radius 2 is 2.08 bits per heavy atom. The van der Waals surface area contributed by atoms with Crippen molar-refractivity contribution in [3.8, 4) is 0 Å². The number of rotatable bonds is 8. The number of thioether (sulfide) groups is 1. The van der Waals surface area contributed by atoms with Crippen LogP contribution in [0.25, 0.3) is 5.65 Å². The number of aliphatic carboxylic acids is 1. The van der Waals surface area contributed by atoms with E-state index >= 15 is 0 Å². The lowest BCUT2D eigenvalue weighted by Gasteiger charge is -2.49. The maximum absolute atomic E-state index is 13.3. The molecule has 6 rings (SSSR count). The maximum atomic E-state index is 13.3. The van der Waals surface area contributed by atoms with E-state index in [2.05, 4.69) is 19.8 Å². The molecule has 2 aliphatic heterocycles. The zero-order valence-corrected chi connectivity index (χ0v) is 22.7. The summed E-state index contributed by atoms with van der Waals surface area (Å²) < 4.78 is 7.74. The molecule has 0 unspecified atom stereocenters. The topological polar surface area (TPSA) is 194 Å². The van der Waals surface area contributed by atoms with Gasteiger partial charge in [-0.1, -0.05) is 5.16 Å². The number of pyridine rings is 1. The van der Waals surface area contributed by atoms with Crippen molar-refractivity contribution in [2.45, 2.75) is 49.7 Å². The minimum atomic E-state index is -1.21. The molecule has 16 heteroatoms. The van der Waals surface area contributed by atoms with Crippen LogP contribution in [0.15, 0.2) is 47.0 Å². The minimum absolute atomic E-state index is 0.00351. The zero-order valence-electron chi connectivity index (χ0n) is 21.1. The first-order valence-electron chi connectivity index (χ1n) is 12.6. The van der Waals surface area contributed by atoms with Gasteiger partial charge in [-0.15, -0.1) is 11.8 Å². The number of nitrogen functional groups attached to an aromatic ring is 2. The molecule has 2 amide bonds. The van der Waals surface area contributed by atoms with Crippen LogP contribution in [0.3, 0.4) is 0 Å². The van der Waals surface area contributed by atoms with Gasteiger partial charge in [-0.3, -0.25) is 14.5 Å². The molecule has 3 aromatic rings. The molecule has 2 fully saturated rings. The zero-order chi connectivity index (χ0) is 28.0. The lowest BCUT2D eigenvalue weighted by molar-refractivity contribution is -0.662. The van der Waals surface area contributed by atoms with Crippen molar-refractivity contribution in [3.05, 3.63) is 47.7 Å². The number of anilines is 2. The third-order valence-electron chi connectivity index (χ3n) is 7.09. The second-order valence-electron chi connectivity index (χ2n) is 9.63. The molecule has 6 N–H and O–H groups in total. The smallest absolute Gasteiger partial charge is 0.352 e. The fraction of sp³-hybridized carbons (Fsp3) is 0.375. The molecule has 0 bridgehead atoms. The summed E-state index contributed by atoms with van der Waals surface area (Å²) in [5.74, 6) is -1.54. The van der Waals surface area contributed by atoms with Gasteiger partial charge in [0.25, 0.3) is 17.5 Å². The molecule has 3 aliphatic rings. The van der Waals surface area contributed by atoms with Crippen molar-refractivity contribution in [1.29, 1.82) is 0 Å². The first kappa shape index (κ1) is 26.1. The van der Waals surface area contributed by atoms with E-state index in [9.17, 15) is 19.5 Å². The molecule has 1 saturated carbocycles. The van der Waals surface area contributed by atoms with Crippen LogP contribution >= 0.6 is 23.3 Å². The quantitative estimate of drug-likeness (QED) is 0.124. The third kappa shape index (κ3) is 4.62. The number of carbonyl (C=O) groups is 3. The van der Waals surface area contributed by atoms with Crippen molar-refractivity contribution < 1.29 is 28.9 Å². The van der Waals surface area contributed by atoms with Crippen LogP contribution in [0.2, 0.25) is 0 Å². The number of carboxylic acids is 1. The lowest BCUT2D eigenvalue weighted by Crippen LogP contribution is -2.71. The number of hydrogen-bond acceptors (Lipinski definition) is 11. The Hall–Kier alpha value is -4.18. The maximum Gasteiger partial charge on any atom is 0.352 e. The fourth-order valence-corrected chi connectivity index (χ4v) is 6.91. The molecule has 0 radical (unpaired) electrons. The van der Waals surface area contributed by atoms with Crippen LogP contribution in [-0.4, -0.2) is 70.5 Å². The molecule has 208 valence electrons. The van der Waals surface area contributed by atoms with Crippen LogP contribution in [-0.2, 0) is 25.8 Å². The molecular formula is C24H26N9O5S2+. The summed E-state index contributed by atoms with van der Waals surface area (Å²) in [4.78, 5) is 49.7. The number of β-lactam (4-membered cyclic amide) rings is 1. The van der Waals surface area contributed by atoms with Crippen LogP contribution in [0.4, 0.5) is 10.9 Å².